The van der Waals surface area contributed by atoms with Crippen LogP contribution in [0.4, 0.5) is 5.69 Å². The van der Waals surface area contributed by atoms with Crippen molar-refractivity contribution in [1.82, 2.24) is 4.31 Å². The minimum Gasteiger partial charge on any atom is -0.495 e. The lowest BCUT2D eigenvalue weighted by Gasteiger charge is -2.14. The Morgan fingerprint density at radius 2 is 1.84 bits per heavy atom. The molecule has 2 rings (SSSR count). The number of anilines is 1. The number of carbonyl (C=O) groups is 1. The monoisotopic (exact) mass is 382 g/mol. The average molecular weight is 383 g/mol. The van der Waals surface area contributed by atoms with E-state index in [0.29, 0.717) is 22.0 Å². The zero-order chi connectivity index (χ0) is 18.8. The highest BCUT2D eigenvalue weighted by molar-refractivity contribution is 7.89. The van der Waals surface area contributed by atoms with Gasteiger partial charge in [-0.05, 0) is 42.8 Å². The molecule has 0 heterocycles. The fourth-order valence-corrected chi connectivity index (χ4v) is 3.35. The Bertz CT molecular complexity index is 911. The molecule has 0 saturated heterocycles. The second-order valence-electron chi connectivity index (χ2n) is 5.57. The second kappa shape index (κ2) is 7.43. The lowest BCUT2D eigenvalue weighted by Crippen LogP contribution is -2.23. The van der Waals surface area contributed by atoms with E-state index in [9.17, 15) is 13.2 Å². The standard InChI is InChI=1S/C17H19ClN2O4S/c1-11-5-7-13(25(22,23)20(2)3)10-14(11)17(21)19-12-6-8-16(24-4)15(18)9-12/h5-10H,1-4H3,(H,19,21). The van der Waals surface area contributed by atoms with Gasteiger partial charge in [0.05, 0.1) is 17.0 Å². The maximum absolute atomic E-state index is 12.6. The molecule has 0 aliphatic heterocycles. The van der Waals surface area contributed by atoms with Gasteiger partial charge in [0.25, 0.3) is 5.91 Å². The van der Waals surface area contributed by atoms with Crippen molar-refractivity contribution < 1.29 is 17.9 Å². The van der Waals surface area contributed by atoms with Crippen LogP contribution >= 0.6 is 11.6 Å². The molecule has 2 aromatic rings. The first-order valence-electron chi connectivity index (χ1n) is 7.35. The van der Waals surface area contributed by atoms with Crippen molar-refractivity contribution in [2.24, 2.45) is 0 Å². The van der Waals surface area contributed by atoms with Gasteiger partial charge in [-0.3, -0.25) is 4.79 Å². The molecule has 0 unspecified atom stereocenters. The van der Waals surface area contributed by atoms with Crippen LogP contribution in [0, 0.1) is 6.92 Å². The Labute approximate surface area is 152 Å². The van der Waals surface area contributed by atoms with Crippen molar-refractivity contribution in [3.8, 4) is 5.75 Å². The van der Waals surface area contributed by atoms with Gasteiger partial charge < -0.3 is 10.1 Å². The first-order chi connectivity index (χ1) is 11.7. The molecule has 6 nitrogen and oxygen atoms in total. The summed E-state index contributed by atoms with van der Waals surface area (Å²) >= 11 is 6.05. The molecule has 0 aliphatic rings. The number of carbonyl (C=O) groups excluding carboxylic acids is 1. The van der Waals surface area contributed by atoms with E-state index >= 15 is 0 Å². The number of ether oxygens (including phenoxy) is 1. The number of rotatable bonds is 5. The van der Waals surface area contributed by atoms with Crippen molar-refractivity contribution in [1.29, 1.82) is 0 Å². The maximum atomic E-state index is 12.6. The number of benzene rings is 2. The van der Waals surface area contributed by atoms with Crippen molar-refractivity contribution in [2.45, 2.75) is 11.8 Å². The normalized spacial score (nSPS) is 11.4. The fraction of sp³-hybridized carbons (Fsp3) is 0.235. The molecule has 25 heavy (non-hydrogen) atoms. The number of nitrogens with one attached hydrogen (secondary N) is 1. The average Bonchev–Trinajstić information content (AvgIpc) is 2.55. The number of sulfonamides is 1. The molecule has 0 fully saturated rings. The van der Waals surface area contributed by atoms with Gasteiger partial charge in [-0.1, -0.05) is 17.7 Å². The predicted octanol–water partition coefficient (Wildman–Crippen LogP) is 3.16. The fourth-order valence-electron chi connectivity index (χ4n) is 2.16. The van der Waals surface area contributed by atoms with Crippen LogP contribution in [0.2, 0.25) is 5.02 Å². The summed E-state index contributed by atoms with van der Waals surface area (Å²) in [4.78, 5) is 12.6. The first-order valence-corrected chi connectivity index (χ1v) is 9.16. The highest BCUT2D eigenvalue weighted by atomic mass is 35.5. The third-order valence-corrected chi connectivity index (χ3v) is 5.75. The lowest BCUT2D eigenvalue weighted by atomic mass is 10.1. The van der Waals surface area contributed by atoms with Crippen molar-refractivity contribution in [2.75, 3.05) is 26.5 Å². The van der Waals surface area contributed by atoms with Gasteiger partial charge >= 0.3 is 0 Å². The van der Waals surface area contributed by atoms with E-state index in [-0.39, 0.29) is 10.5 Å². The quantitative estimate of drug-likeness (QED) is 0.861. The molecule has 8 heteroatoms. The first kappa shape index (κ1) is 19.2. The van der Waals surface area contributed by atoms with E-state index < -0.39 is 15.9 Å². The highest BCUT2D eigenvalue weighted by Gasteiger charge is 2.20. The summed E-state index contributed by atoms with van der Waals surface area (Å²) in [5.74, 6) is 0.0736. The van der Waals surface area contributed by atoms with E-state index in [2.05, 4.69) is 5.32 Å². The van der Waals surface area contributed by atoms with Crippen LogP contribution in [0.1, 0.15) is 15.9 Å². The molecule has 0 aromatic heterocycles. The molecule has 0 radical (unpaired) electrons. The third-order valence-electron chi connectivity index (χ3n) is 3.64. The number of amides is 1. The largest absolute Gasteiger partial charge is 0.495 e. The number of nitrogens with zero attached hydrogens (tertiary/aromatic N) is 1. The van der Waals surface area contributed by atoms with Gasteiger partial charge in [0.15, 0.2) is 0 Å². The van der Waals surface area contributed by atoms with Gasteiger partial charge in [-0.15, -0.1) is 0 Å². The van der Waals surface area contributed by atoms with Crippen molar-refractivity contribution >= 4 is 33.2 Å². The predicted molar refractivity (Wildman–Crippen MR) is 98.0 cm³/mol. The third kappa shape index (κ3) is 4.12. The highest BCUT2D eigenvalue weighted by Crippen LogP contribution is 2.28. The molecule has 1 N–H and O–H groups in total. The molecule has 0 saturated carbocycles. The molecule has 134 valence electrons. The van der Waals surface area contributed by atoms with E-state index in [1.807, 2.05) is 0 Å². The molecule has 0 atom stereocenters. The van der Waals surface area contributed by atoms with Crippen molar-refractivity contribution in [3.63, 3.8) is 0 Å². The molecular formula is C17H19ClN2O4S. The van der Waals surface area contributed by atoms with Crippen LogP contribution in [-0.2, 0) is 10.0 Å². The summed E-state index contributed by atoms with van der Waals surface area (Å²) in [5, 5.41) is 3.07. The summed E-state index contributed by atoms with van der Waals surface area (Å²) in [6, 6.07) is 9.30. The molecule has 0 spiro atoms. The summed E-state index contributed by atoms with van der Waals surface area (Å²) in [7, 11) is 0.755. The molecule has 2 aromatic carbocycles. The smallest absolute Gasteiger partial charge is 0.255 e. The number of methoxy groups -OCH3 is 1. The molecular weight excluding hydrogens is 364 g/mol. The Morgan fingerprint density at radius 1 is 1.16 bits per heavy atom. The number of hydrogen-bond acceptors (Lipinski definition) is 4. The van der Waals surface area contributed by atoms with Gasteiger partial charge in [0, 0.05) is 25.3 Å². The zero-order valence-electron chi connectivity index (χ0n) is 14.3. The summed E-state index contributed by atoms with van der Waals surface area (Å²) in [6.45, 7) is 1.74. The van der Waals surface area contributed by atoms with Crippen LogP contribution in [0.25, 0.3) is 0 Å². The Balaban J connectivity index is 2.35. The van der Waals surface area contributed by atoms with Crippen LogP contribution in [0.3, 0.4) is 0 Å². The topological polar surface area (TPSA) is 75.7 Å². The van der Waals surface area contributed by atoms with Gasteiger partial charge in [0.2, 0.25) is 10.0 Å². The SMILES string of the molecule is COc1ccc(NC(=O)c2cc(S(=O)(=O)N(C)C)ccc2C)cc1Cl. The van der Waals surface area contributed by atoms with Crippen LogP contribution in [-0.4, -0.2) is 39.8 Å². The molecule has 0 bridgehead atoms. The van der Waals surface area contributed by atoms with E-state index in [0.717, 1.165) is 4.31 Å². The maximum Gasteiger partial charge on any atom is 0.255 e. The van der Waals surface area contributed by atoms with Gasteiger partial charge in [-0.2, -0.15) is 0 Å². The Morgan fingerprint density at radius 3 is 2.40 bits per heavy atom. The number of hydrogen-bond donors (Lipinski definition) is 1. The zero-order valence-corrected chi connectivity index (χ0v) is 15.9. The van der Waals surface area contributed by atoms with Gasteiger partial charge in [0.1, 0.15) is 5.75 Å². The van der Waals surface area contributed by atoms with Crippen LogP contribution < -0.4 is 10.1 Å². The van der Waals surface area contributed by atoms with Crippen LogP contribution in [0.15, 0.2) is 41.3 Å². The van der Waals surface area contributed by atoms with Crippen molar-refractivity contribution in [3.05, 3.63) is 52.5 Å². The molecule has 0 aliphatic carbocycles. The Kier molecular flexibility index (Phi) is 5.72. The number of aryl methyl sites for hydroxylation is 1. The minimum atomic E-state index is -3.62. The summed E-state index contributed by atoms with van der Waals surface area (Å²) in [5.41, 5.74) is 1.42. The van der Waals surface area contributed by atoms with Crippen LogP contribution in [0.5, 0.6) is 5.75 Å². The second-order valence-corrected chi connectivity index (χ2v) is 8.13. The Hall–Kier alpha value is -2.09. The summed E-state index contributed by atoms with van der Waals surface area (Å²) in [6.07, 6.45) is 0. The van der Waals surface area contributed by atoms with E-state index in [1.165, 1.54) is 33.3 Å². The van der Waals surface area contributed by atoms with E-state index in [4.69, 9.17) is 16.3 Å². The van der Waals surface area contributed by atoms with E-state index in [1.54, 1.807) is 31.2 Å². The van der Waals surface area contributed by atoms with Gasteiger partial charge in [-0.25, -0.2) is 12.7 Å². The minimum absolute atomic E-state index is 0.0565. The number of halogens is 1. The lowest BCUT2D eigenvalue weighted by molar-refractivity contribution is 0.102. The summed E-state index contributed by atoms with van der Waals surface area (Å²) < 4.78 is 30.7. The molecule has 1 amide bonds.